The highest BCUT2D eigenvalue weighted by Gasteiger charge is 2.24. The first-order valence-electron chi connectivity index (χ1n) is 36.6. The van der Waals surface area contributed by atoms with Gasteiger partial charge in [-0.05, 0) is 45.8 Å². The van der Waals surface area contributed by atoms with E-state index in [1.165, 1.54) is 22.3 Å². The molecule has 0 bridgehead atoms. The lowest BCUT2D eigenvalue weighted by molar-refractivity contribution is -0.671. The Morgan fingerprint density at radius 3 is 0.520 bits per heavy atom. The fourth-order valence-corrected chi connectivity index (χ4v) is 12.2. The van der Waals surface area contributed by atoms with Crippen molar-refractivity contribution in [3.8, 4) is 90.0 Å². The predicted molar refractivity (Wildman–Crippen MR) is 474 cm³/mol. The second-order valence-corrected chi connectivity index (χ2v) is 26.4. The van der Waals surface area contributed by atoms with Crippen LogP contribution in [0.1, 0.15) is 22.3 Å². The number of halogens is 15. The van der Waals surface area contributed by atoms with Crippen molar-refractivity contribution in [1.82, 2.24) is 20.4 Å². The fourth-order valence-electron chi connectivity index (χ4n) is 12.2. The van der Waals surface area contributed by atoms with Gasteiger partial charge in [0.2, 0.25) is 22.7 Å². The summed E-state index contributed by atoms with van der Waals surface area (Å²) < 4.78 is 198. The third-order valence-corrected chi connectivity index (χ3v) is 18.5. The van der Waals surface area contributed by atoms with Gasteiger partial charge in [0, 0.05) is 165 Å². The van der Waals surface area contributed by atoms with E-state index in [-0.39, 0.29) is 22.3 Å². The topological polar surface area (TPSA) is 74.8 Å². The minimum Gasteiger partial charge on any atom is -0.208 e. The van der Waals surface area contributed by atoms with Crippen LogP contribution in [0, 0.1) is 87.3 Å². The summed E-state index contributed by atoms with van der Waals surface area (Å²) in [6.07, 6.45) is 24.8. The average molecular weight is 1730 g/mol. The number of benzene rings is 10. The van der Waals surface area contributed by atoms with Crippen molar-refractivity contribution in [3.63, 3.8) is 0 Å². The maximum Gasteiger partial charge on any atom is 0.210 e. The summed E-state index contributed by atoms with van der Waals surface area (Å²) in [5.41, 5.74) is 15.4. The quantitative estimate of drug-likeness (QED) is 0.0450. The van der Waals surface area contributed by atoms with E-state index in [2.05, 4.69) is 294 Å². The van der Waals surface area contributed by atoms with Gasteiger partial charge in [-0.15, -0.1) is 36.8 Å². The van der Waals surface area contributed by atoms with Crippen LogP contribution < -0.4 is 43.8 Å². The number of pyridine rings is 6. The number of hydrogen-bond donors (Lipinski definition) is 0. The second-order valence-electron chi connectivity index (χ2n) is 26.4. The molecule has 0 atom stereocenters. The second kappa shape index (κ2) is 42.8. The summed E-state index contributed by atoms with van der Waals surface area (Å²) in [6.45, 7) is 0. The van der Waals surface area contributed by atoms with Gasteiger partial charge in [0.15, 0.2) is 127 Å². The van der Waals surface area contributed by atoms with Gasteiger partial charge in [-0.1, -0.05) is 168 Å². The van der Waals surface area contributed by atoms with Crippen molar-refractivity contribution < 1.29 is 93.3 Å². The van der Waals surface area contributed by atoms with Gasteiger partial charge in [-0.25, -0.2) is 75.0 Å². The molecule has 0 aliphatic carbocycles. The molecule has 0 aliphatic rings. The Kier molecular flexibility index (Phi) is 31.8. The summed E-state index contributed by atoms with van der Waals surface area (Å²) in [7, 11) is 0.849. The molecule has 0 N–H and O–H groups in total. The summed E-state index contributed by atoms with van der Waals surface area (Å²) in [6, 6.07) is 92.0. The summed E-state index contributed by atoms with van der Waals surface area (Å²) in [5.74, 6) is -27.4. The van der Waals surface area contributed by atoms with Crippen LogP contribution in [0.2, 0.25) is 0 Å². The molecule has 0 spiro atoms. The van der Waals surface area contributed by atoms with Crippen LogP contribution in [0.5, 0.6) is 0 Å². The Morgan fingerprint density at radius 2 is 0.331 bits per heavy atom. The lowest BCUT2D eigenvalue weighted by Crippen LogP contribution is -2.29. The highest BCUT2D eigenvalue weighted by Crippen LogP contribution is 2.34. The van der Waals surface area contributed by atoms with E-state index in [4.69, 9.17) is 0 Å². The SMILES string of the molecule is C.C.C.C[n+]1ccc(-c2nnc(-c3cc[n+](C)cc3)c3ccccc23)cc1.[BH3-]c1c(F)c(F)c(F)c(F)c1F.[BH3-]c1c(F)c(F)c(F)c(F)c1F.[BH3-]c1c(F)c(F)c(F)c(F)c1F.c1ccc(-[n+]2ccc(-c3ccc(-c4cc[n+](-c5ccccc5)cc4)cc3)cc2)cc1.c1ccc(-[n+]2ccc(-c3nnc(-c4cc[n+](-c5ccccc5)cc4)c4ccccc34)cc2)cc1. The Hall–Kier alpha value is -15.1. The molecular formula is C99H83B3F15N10+3. The molecule has 127 heavy (non-hydrogen) atoms. The molecule has 8 aromatic heterocycles. The van der Waals surface area contributed by atoms with Gasteiger partial charge in [0.05, 0.1) is 0 Å². The lowest BCUT2D eigenvalue weighted by Gasteiger charge is -2.09. The molecule has 18 aromatic rings. The largest absolute Gasteiger partial charge is 0.210 e. The standard InChI is InChI=1S/C30H22N4.C28H22N2.C20H18N4.3C6H3BF5.3CH4/c1-3-9-25(10-4-1)33-19-15-23(16-20-33)29-27-13-7-8-14-28(27)30(32-31-29)24-17-21-34(22-18-24)26-11-5-2-6-12-26;1-3-7-27(8-4-1)29-19-15-25(16-20-29)23-11-13-24(14-12-23)26-17-21-30(22-18-26)28-9-5-2-6-10-28;1-23-11-7-15(8-12-23)19-17-5-3-4-6-18(17)20(22-21-19)16-9-13-24(2)14-10-16;3*7-1-2(8)4(10)6(12)5(11)3(1)9;;;/h1-22H;1-22H;3-14H,1-2H3;3*7H3;3*1H4/q3*+2;3*-1;;;. The zero-order valence-corrected chi connectivity index (χ0v) is 63.5. The highest BCUT2D eigenvalue weighted by molar-refractivity contribution is 6.33. The molecule has 0 unspecified atom stereocenters. The number of para-hydroxylation sites is 4. The van der Waals surface area contributed by atoms with E-state index in [0.29, 0.717) is 0 Å². The summed E-state index contributed by atoms with van der Waals surface area (Å²) in [5, 5.41) is 22.8. The minimum absolute atomic E-state index is 0. The van der Waals surface area contributed by atoms with E-state index >= 15 is 0 Å². The van der Waals surface area contributed by atoms with Gasteiger partial charge in [-0.3, -0.25) is 0 Å². The predicted octanol–water partition coefficient (Wildman–Crippen LogP) is 16.7. The number of rotatable bonds is 10. The molecule has 0 amide bonds. The van der Waals surface area contributed by atoms with Gasteiger partial charge in [0.1, 0.15) is 71.8 Å². The number of aromatic nitrogens is 10. The van der Waals surface area contributed by atoms with Gasteiger partial charge < -0.3 is 0 Å². The van der Waals surface area contributed by atoms with Crippen LogP contribution in [0.15, 0.2) is 341 Å². The van der Waals surface area contributed by atoms with Gasteiger partial charge in [0.25, 0.3) is 0 Å². The van der Waals surface area contributed by atoms with E-state index < -0.39 is 127 Å². The molecule has 0 saturated carbocycles. The first kappa shape index (κ1) is 94.2. The zero-order chi connectivity index (χ0) is 87.8. The minimum atomic E-state index is -2.09. The molecule has 10 aromatic carbocycles. The molecular weight excluding hydrogens is 1650 g/mol. The summed E-state index contributed by atoms with van der Waals surface area (Å²) >= 11 is 0. The number of hydrogen-bond acceptors (Lipinski definition) is 4. The fraction of sp³-hybridized carbons (Fsp3) is 0.0505. The molecule has 0 radical (unpaired) electrons. The van der Waals surface area contributed by atoms with E-state index in [1.807, 2.05) is 109 Å². The van der Waals surface area contributed by atoms with Crippen molar-refractivity contribution in [3.05, 3.63) is 429 Å². The monoisotopic (exact) mass is 1730 g/mol. The average Bonchev–Trinajstić information content (AvgIpc) is 0.793. The van der Waals surface area contributed by atoms with Crippen molar-refractivity contribution in [2.24, 2.45) is 14.1 Å². The molecule has 18 rings (SSSR count). The Balaban J connectivity index is 0.000000166. The Labute approximate surface area is 726 Å². The van der Waals surface area contributed by atoms with Crippen LogP contribution in [-0.2, 0) is 14.1 Å². The molecule has 28 heteroatoms. The van der Waals surface area contributed by atoms with E-state index in [1.54, 1.807) is 0 Å². The Bertz CT molecular complexity index is 6020. The first-order chi connectivity index (χ1) is 59.8. The maximum atomic E-state index is 12.5. The van der Waals surface area contributed by atoms with Crippen molar-refractivity contribution in [1.29, 1.82) is 0 Å². The van der Waals surface area contributed by atoms with Crippen LogP contribution in [0.3, 0.4) is 0 Å². The highest BCUT2D eigenvalue weighted by atomic mass is 19.2. The Morgan fingerprint density at radius 1 is 0.181 bits per heavy atom. The zero-order valence-electron chi connectivity index (χ0n) is 63.5. The van der Waals surface area contributed by atoms with Crippen LogP contribution in [0.4, 0.5) is 65.9 Å². The number of fused-ring (bicyclic) bond motifs is 2. The molecule has 10 nitrogen and oxygen atoms in total. The third-order valence-electron chi connectivity index (χ3n) is 18.5. The van der Waals surface area contributed by atoms with Gasteiger partial charge >= 0.3 is 0 Å². The van der Waals surface area contributed by atoms with Crippen molar-refractivity contribution in [2.75, 3.05) is 0 Å². The van der Waals surface area contributed by atoms with Crippen LogP contribution in [0.25, 0.3) is 112 Å². The van der Waals surface area contributed by atoms with E-state index in [9.17, 15) is 65.9 Å². The van der Waals surface area contributed by atoms with Crippen molar-refractivity contribution in [2.45, 2.75) is 22.3 Å². The van der Waals surface area contributed by atoms with Crippen LogP contribution in [-0.4, -0.2) is 43.9 Å². The molecule has 640 valence electrons. The molecule has 8 heterocycles. The van der Waals surface area contributed by atoms with E-state index in [0.717, 1.165) is 89.3 Å². The first-order valence-corrected chi connectivity index (χ1v) is 36.6. The lowest BCUT2D eigenvalue weighted by atomic mass is 9.94. The number of nitrogens with zero attached hydrogens (tertiary/aromatic N) is 10. The van der Waals surface area contributed by atoms with Crippen molar-refractivity contribution >= 4 is 61.5 Å². The molecule has 0 saturated heterocycles. The summed E-state index contributed by atoms with van der Waals surface area (Å²) in [4.78, 5) is 0. The van der Waals surface area contributed by atoms with Crippen LogP contribution >= 0.6 is 0 Å². The normalized spacial score (nSPS) is 10.5. The smallest absolute Gasteiger partial charge is 0.208 e. The molecule has 0 aliphatic heterocycles. The van der Waals surface area contributed by atoms with Gasteiger partial charge in [-0.2, -0.15) is 18.3 Å². The number of aryl methyl sites for hydroxylation is 2. The maximum absolute atomic E-state index is 12.5. The third kappa shape index (κ3) is 21.6. The molecule has 0 fully saturated rings.